The highest BCUT2D eigenvalue weighted by Gasteiger charge is 2.22. The molecule has 3 rings (SSSR count). The Morgan fingerprint density at radius 1 is 0.962 bits per heavy atom. The molecule has 0 spiro atoms. The Morgan fingerprint density at radius 2 is 1.69 bits per heavy atom. The van der Waals surface area contributed by atoms with Crippen LogP contribution in [-0.2, 0) is 4.79 Å². The molecule has 1 aliphatic rings. The van der Waals surface area contributed by atoms with Crippen LogP contribution in [0.2, 0.25) is 0 Å². The van der Waals surface area contributed by atoms with E-state index in [1.165, 1.54) is 0 Å². The van der Waals surface area contributed by atoms with E-state index in [1.54, 1.807) is 0 Å². The number of rotatable bonds is 6. The van der Waals surface area contributed by atoms with Crippen molar-refractivity contribution in [1.82, 2.24) is 4.90 Å². The fraction of sp³-hybridized carbons (Fsp3) is 0.300. The third-order valence-electron chi connectivity index (χ3n) is 4.36. The summed E-state index contributed by atoms with van der Waals surface area (Å²) in [5.41, 5.74) is 1.74. The number of hydrogen-bond acceptors (Lipinski definition) is 4. The van der Waals surface area contributed by atoms with E-state index < -0.39 is 5.97 Å². The molecule has 1 heterocycles. The van der Waals surface area contributed by atoms with Crippen molar-refractivity contribution < 1.29 is 19.4 Å². The summed E-state index contributed by atoms with van der Waals surface area (Å²) >= 11 is 0. The summed E-state index contributed by atoms with van der Waals surface area (Å²) < 4.78 is 5.49. The van der Waals surface area contributed by atoms with Crippen molar-refractivity contribution in [2.75, 3.05) is 37.7 Å². The van der Waals surface area contributed by atoms with Gasteiger partial charge in [0.2, 0.25) is 0 Å². The van der Waals surface area contributed by atoms with Crippen molar-refractivity contribution in [3.63, 3.8) is 0 Å². The standard InChI is InChI=1S/C20H22N2O4/c23-19(24)9-14-26-18-8-4-7-17(15-18)21-10-12-22(13-11-21)20(25)16-5-2-1-3-6-16/h1-8,15H,9-14H2,(H,23,24). The Kier molecular flexibility index (Phi) is 5.73. The SMILES string of the molecule is O=C(O)CCOc1cccc(N2CCN(C(=O)c3ccccc3)CC2)c1. The lowest BCUT2D eigenvalue weighted by molar-refractivity contribution is -0.137. The first-order chi connectivity index (χ1) is 12.6. The molecule has 136 valence electrons. The molecule has 2 aromatic rings. The van der Waals surface area contributed by atoms with Gasteiger partial charge in [0.15, 0.2) is 0 Å². The zero-order valence-corrected chi connectivity index (χ0v) is 14.5. The van der Waals surface area contributed by atoms with Gasteiger partial charge in [-0.2, -0.15) is 0 Å². The molecule has 0 aliphatic carbocycles. The van der Waals surface area contributed by atoms with E-state index >= 15 is 0 Å². The van der Waals surface area contributed by atoms with Crippen LogP contribution in [0.3, 0.4) is 0 Å². The minimum Gasteiger partial charge on any atom is -0.493 e. The van der Waals surface area contributed by atoms with E-state index in [2.05, 4.69) is 4.90 Å². The fourth-order valence-corrected chi connectivity index (χ4v) is 2.96. The van der Waals surface area contributed by atoms with Crippen molar-refractivity contribution in [1.29, 1.82) is 0 Å². The molecule has 1 aliphatic heterocycles. The Balaban J connectivity index is 1.56. The average molecular weight is 354 g/mol. The molecular formula is C20H22N2O4. The lowest BCUT2D eigenvalue weighted by Crippen LogP contribution is -2.48. The van der Waals surface area contributed by atoms with Crippen LogP contribution < -0.4 is 9.64 Å². The highest BCUT2D eigenvalue weighted by atomic mass is 16.5. The van der Waals surface area contributed by atoms with Gasteiger partial charge in [0.05, 0.1) is 13.0 Å². The van der Waals surface area contributed by atoms with Gasteiger partial charge in [-0.05, 0) is 24.3 Å². The largest absolute Gasteiger partial charge is 0.493 e. The van der Waals surface area contributed by atoms with Gasteiger partial charge in [-0.25, -0.2) is 0 Å². The summed E-state index contributed by atoms with van der Waals surface area (Å²) in [5, 5.41) is 8.68. The lowest BCUT2D eigenvalue weighted by atomic mass is 10.1. The quantitative estimate of drug-likeness (QED) is 0.863. The molecule has 0 saturated carbocycles. The van der Waals surface area contributed by atoms with E-state index in [4.69, 9.17) is 9.84 Å². The maximum atomic E-state index is 12.5. The number of aliphatic carboxylic acids is 1. The second kappa shape index (κ2) is 8.38. The predicted molar refractivity (Wildman–Crippen MR) is 98.7 cm³/mol. The smallest absolute Gasteiger partial charge is 0.306 e. The number of piperazine rings is 1. The van der Waals surface area contributed by atoms with Gasteiger partial charge in [0.1, 0.15) is 5.75 Å². The summed E-state index contributed by atoms with van der Waals surface area (Å²) in [4.78, 5) is 27.2. The van der Waals surface area contributed by atoms with Crippen LogP contribution in [0.5, 0.6) is 5.75 Å². The number of benzene rings is 2. The summed E-state index contributed by atoms with van der Waals surface area (Å²) in [6, 6.07) is 17.0. The highest BCUT2D eigenvalue weighted by Crippen LogP contribution is 2.23. The fourth-order valence-electron chi connectivity index (χ4n) is 2.96. The number of carbonyl (C=O) groups excluding carboxylic acids is 1. The number of carboxylic acid groups (broad SMARTS) is 1. The Morgan fingerprint density at radius 3 is 2.38 bits per heavy atom. The van der Waals surface area contributed by atoms with Crippen LogP contribution in [-0.4, -0.2) is 54.7 Å². The minimum absolute atomic E-state index is 0.0233. The van der Waals surface area contributed by atoms with Gasteiger partial charge < -0.3 is 19.6 Å². The molecule has 1 N–H and O–H groups in total. The van der Waals surface area contributed by atoms with E-state index in [0.29, 0.717) is 18.8 Å². The Hall–Kier alpha value is -3.02. The zero-order valence-electron chi connectivity index (χ0n) is 14.5. The molecule has 0 aromatic heterocycles. The molecule has 1 saturated heterocycles. The molecule has 0 unspecified atom stereocenters. The number of hydrogen-bond donors (Lipinski definition) is 1. The van der Waals surface area contributed by atoms with Crippen molar-refractivity contribution in [3.05, 3.63) is 60.2 Å². The molecule has 26 heavy (non-hydrogen) atoms. The molecule has 0 bridgehead atoms. The number of nitrogens with zero attached hydrogens (tertiary/aromatic N) is 2. The number of amides is 1. The Bertz CT molecular complexity index is 755. The molecule has 6 heteroatoms. The van der Waals surface area contributed by atoms with Gasteiger partial charge in [0.25, 0.3) is 5.91 Å². The first-order valence-electron chi connectivity index (χ1n) is 8.67. The minimum atomic E-state index is -0.875. The Labute approximate surface area is 152 Å². The van der Waals surface area contributed by atoms with Crippen molar-refractivity contribution in [2.24, 2.45) is 0 Å². The molecule has 0 atom stereocenters. The highest BCUT2D eigenvalue weighted by molar-refractivity contribution is 5.94. The zero-order chi connectivity index (χ0) is 18.4. The van der Waals surface area contributed by atoms with Crippen LogP contribution in [0, 0.1) is 0 Å². The van der Waals surface area contributed by atoms with Crippen LogP contribution in [0.1, 0.15) is 16.8 Å². The van der Waals surface area contributed by atoms with Crippen LogP contribution in [0.15, 0.2) is 54.6 Å². The molecule has 6 nitrogen and oxygen atoms in total. The summed E-state index contributed by atoms with van der Waals surface area (Å²) in [5.74, 6) is -0.150. The normalized spacial score (nSPS) is 14.2. The number of anilines is 1. The second-order valence-corrected chi connectivity index (χ2v) is 6.13. The lowest BCUT2D eigenvalue weighted by Gasteiger charge is -2.36. The third kappa shape index (κ3) is 4.53. The number of carboxylic acids is 1. The second-order valence-electron chi connectivity index (χ2n) is 6.13. The van der Waals surface area contributed by atoms with E-state index in [0.717, 1.165) is 24.3 Å². The topological polar surface area (TPSA) is 70.1 Å². The maximum absolute atomic E-state index is 12.5. The maximum Gasteiger partial charge on any atom is 0.306 e. The van der Waals surface area contributed by atoms with Crippen molar-refractivity contribution in [3.8, 4) is 5.75 Å². The van der Waals surface area contributed by atoms with Crippen LogP contribution in [0.25, 0.3) is 0 Å². The van der Waals surface area contributed by atoms with Crippen molar-refractivity contribution >= 4 is 17.6 Å². The van der Waals surface area contributed by atoms with Gasteiger partial charge in [0, 0.05) is 43.5 Å². The number of carbonyl (C=O) groups is 2. The predicted octanol–water partition coefficient (Wildman–Crippen LogP) is 2.50. The van der Waals surface area contributed by atoms with Crippen molar-refractivity contribution in [2.45, 2.75) is 6.42 Å². The van der Waals surface area contributed by atoms with E-state index in [9.17, 15) is 9.59 Å². The summed E-state index contributed by atoms with van der Waals surface area (Å²) in [7, 11) is 0. The third-order valence-corrected chi connectivity index (χ3v) is 4.36. The number of ether oxygens (including phenoxy) is 1. The average Bonchev–Trinajstić information content (AvgIpc) is 2.68. The monoisotopic (exact) mass is 354 g/mol. The molecule has 2 aromatic carbocycles. The van der Waals surface area contributed by atoms with Gasteiger partial charge in [-0.1, -0.05) is 24.3 Å². The van der Waals surface area contributed by atoms with E-state index in [-0.39, 0.29) is 18.9 Å². The molecule has 1 amide bonds. The van der Waals surface area contributed by atoms with Gasteiger partial charge >= 0.3 is 5.97 Å². The summed E-state index contributed by atoms with van der Waals surface area (Å²) in [6.45, 7) is 2.97. The van der Waals surface area contributed by atoms with Gasteiger partial charge in [-0.3, -0.25) is 9.59 Å². The molecule has 0 radical (unpaired) electrons. The van der Waals surface area contributed by atoms with Gasteiger partial charge in [-0.15, -0.1) is 0 Å². The van der Waals surface area contributed by atoms with E-state index in [1.807, 2.05) is 59.5 Å². The molecule has 1 fully saturated rings. The molecular weight excluding hydrogens is 332 g/mol. The van der Waals surface area contributed by atoms with Crippen LogP contribution >= 0.6 is 0 Å². The summed E-state index contributed by atoms with van der Waals surface area (Å²) in [6.07, 6.45) is -0.0233. The first-order valence-corrected chi connectivity index (χ1v) is 8.67. The first kappa shape index (κ1) is 17.8. The van der Waals surface area contributed by atoms with Crippen LogP contribution in [0.4, 0.5) is 5.69 Å².